The van der Waals surface area contributed by atoms with Crippen LogP contribution in [0.3, 0.4) is 0 Å². The molecule has 0 heterocycles. The van der Waals surface area contributed by atoms with Crippen molar-refractivity contribution in [3.8, 4) is 11.8 Å². The van der Waals surface area contributed by atoms with E-state index in [2.05, 4.69) is 12.1 Å². The zero-order valence-electron chi connectivity index (χ0n) is 10.6. The predicted octanol–water partition coefficient (Wildman–Crippen LogP) is 3.13. The molecule has 18 heavy (non-hydrogen) atoms. The minimum Gasteiger partial charge on any atom is -0.494 e. The van der Waals surface area contributed by atoms with Crippen molar-refractivity contribution in [1.29, 1.82) is 5.26 Å². The highest BCUT2D eigenvalue weighted by Gasteiger charge is 2.18. The van der Waals surface area contributed by atoms with Crippen molar-refractivity contribution in [3.63, 3.8) is 0 Å². The van der Waals surface area contributed by atoms with Crippen molar-refractivity contribution in [2.75, 3.05) is 6.61 Å². The number of hydrogen-bond acceptors (Lipinski definition) is 3. The van der Waals surface area contributed by atoms with Gasteiger partial charge in [0.25, 0.3) is 0 Å². The summed E-state index contributed by atoms with van der Waals surface area (Å²) in [6.45, 7) is 0.635. The molecule has 0 radical (unpaired) electrons. The molecule has 1 aromatic carbocycles. The van der Waals surface area contributed by atoms with Crippen LogP contribution in [-0.4, -0.2) is 11.7 Å². The van der Waals surface area contributed by atoms with E-state index in [1.165, 1.54) is 5.56 Å². The van der Waals surface area contributed by atoms with Crippen molar-refractivity contribution in [3.05, 3.63) is 29.3 Å². The van der Waals surface area contributed by atoms with Gasteiger partial charge in [-0.3, -0.25) is 0 Å². The number of fused-ring (bicyclic) bond motifs is 1. The van der Waals surface area contributed by atoms with E-state index in [-0.39, 0.29) is 6.10 Å². The average molecular weight is 245 g/mol. The summed E-state index contributed by atoms with van der Waals surface area (Å²) < 4.78 is 5.65. The Kier molecular flexibility index (Phi) is 4.60. The van der Waals surface area contributed by atoms with Gasteiger partial charge in [0.15, 0.2) is 0 Å². The van der Waals surface area contributed by atoms with Gasteiger partial charge < -0.3 is 9.84 Å². The van der Waals surface area contributed by atoms with Crippen molar-refractivity contribution >= 4 is 0 Å². The Morgan fingerprint density at radius 2 is 2.28 bits per heavy atom. The molecule has 0 unspecified atom stereocenters. The summed E-state index contributed by atoms with van der Waals surface area (Å²) in [7, 11) is 0. The number of nitriles is 1. The summed E-state index contributed by atoms with van der Waals surface area (Å²) in [5, 5.41) is 18.4. The number of aryl methyl sites for hydroxylation is 1. The molecule has 0 aromatic heterocycles. The number of ether oxygens (including phenoxy) is 1. The van der Waals surface area contributed by atoms with Crippen LogP contribution in [-0.2, 0) is 6.42 Å². The van der Waals surface area contributed by atoms with Crippen LogP contribution in [0.2, 0.25) is 0 Å². The number of rotatable bonds is 5. The Hall–Kier alpha value is -1.53. The lowest BCUT2D eigenvalue weighted by atomic mass is 9.89. The smallest absolute Gasteiger partial charge is 0.119 e. The van der Waals surface area contributed by atoms with Gasteiger partial charge in [-0.05, 0) is 55.4 Å². The molecule has 0 amide bonds. The Balaban J connectivity index is 1.90. The minimum atomic E-state index is -0.337. The van der Waals surface area contributed by atoms with Gasteiger partial charge in [-0.15, -0.1) is 0 Å². The highest BCUT2D eigenvalue weighted by molar-refractivity contribution is 5.38. The maximum absolute atomic E-state index is 9.94. The second kappa shape index (κ2) is 6.42. The summed E-state index contributed by atoms with van der Waals surface area (Å²) in [6, 6.07) is 8.12. The topological polar surface area (TPSA) is 53.2 Å². The predicted molar refractivity (Wildman–Crippen MR) is 69.3 cm³/mol. The van der Waals surface area contributed by atoms with Crippen LogP contribution in [0, 0.1) is 11.3 Å². The third-order valence-electron chi connectivity index (χ3n) is 3.35. The third kappa shape index (κ3) is 3.24. The van der Waals surface area contributed by atoms with Crippen LogP contribution in [0.15, 0.2) is 18.2 Å². The molecule has 0 saturated carbocycles. The quantitative estimate of drug-likeness (QED) is 0.811. The fourth-order valence-electron chi connectivity index (χ4n) is 2.34. The van der Waals surface area contributed by atoms with E-state index in [9.17, 15) is 5.11 Å². The van der Waals surface area contributed by atoms with E-state index in [0.29, 0.717) is 13.0 Å². The summed E-state index contributed by atoms with van der Waals surface area (Å²) >= 11 is 0. The van der Waals surface area contributed by atoms with Crippen LogP contribution in [0.1, 0.15) is 49.3 Å². The van der Waals surface area contributed by atoms with Gasteiger partial charge in [0.2, 0.25) is 0 Å². The van der Waals surface area contributed by atoms with Gasteiger partial charge in [-0.2, -0.15) is 5.26 Å². The lowest BCUT2D eigenvalue weighted by Crippen LogP contribution is -2.09. The summed E-state index contributed by atoms with van der Waals surface area (Å²) in [5.41, 5.74) is 2.27. The lowest BCUT2D eigenvalue weighted by molar-refractivity contribution is 0.156. The molecular weight excluding hydrogens is 226 g/mol. The molecule has 0 spiro atoms. The SMILES string of the molecule is N#CCCCCOc1ccc2c(c1)[C@@H](O)CCC2. The molecule has 1 aliphatic rings. The first-order valence-corrected chi connectivity index (χ1v) is 6.62. The monoisotopic (exact) mass is 245 g/mol. The van der Waals surface area contributed by atoms with E-state index in [0.717, 1.165) is 43.4 Å². The van der Waals surface area contributed by atoms with Crippen molar-refractivity contribution in [2.45, 2.75) is 44.6 Å². The maximum Gasteiger partial charge on any atom is 0.119 e. The van der Waals surface area contributed by atoms with Gasteiger partial charge in [0.1, 0.15) is 5.75 Å². The second-order valence-corrected chi connectivity index (χ2v) is 4.73. The zero-order chi connectivity index (χ0) is 12.8. The molecule has 1 N–H and O–H groups in total. The fourth-order valence-corrected chi connectivity index (χ4v) is 2.34. The molecule has 0 saturated heterocycles. The van der Waals surface area contributed by atoms with Gasteiger partial charge in [-0.25, -0.2) is 0 Å². The first kappa shape index (κ1) is 12.9. The molecular formula is C15H19NO2. The molecule has 1 aliphatic carbocycles. The molecule has 2 rings (SSSR count). The molecule has 3 nitrogen and oxygen atoms in total. The number of unbranched alkanes of at least 4 members (excludes halogenated alkanes) is 2. The van der Waals surface area contributed by atoms with Crippen molar-refractivity contribution < 1.29 is 9.84 Å². The number of benzene rings is 1. The standard InChI is InChI=1S/C15H19NO2/c16-9-2-1-3-10-18-13-8-7-12-5-4-6-15(17)14(12)11-13/h7-8,11,15,17H,1-6,10H2/t15-/m0/s1. The van der Waals surface area contributed by atoms with Crippen molar-refractivity contribution in [2.24, 2.45) is 0 Å². The molecule has 0 aliphatic heterocycles. The maximum atomic E-state index is 9.94. The lowest BCUT2D eigenvalue weighted by Gasteiger charge is -2.21. The van der Waals surface area contributed by atoms with Crippen LogP contribution >= 0.6 is 0 Å². The largest absolute Gasteiger partial charge is 0.494 e. The van der Waals surface area contributed by atoms with Crippen LogP contribution in [0.5, 0.6) is 5.75 Å². The molecule has 0 fully saturated rings. The summed E-state index contributed by atoms with van der Waals surface area (Å²) in [6.07, 6.45) is 4.98. The minimum absolute atomic E-state index is 0.337. The Bertz CT molecular complexity index is 437. The second-order valence-electron chi connectivity index (χ2n) is 4.73. The molecule has 0 bridgehead atoms. The number of aliphatic hydroxyl groups excluding tert-OH is 1. The fraction of sp³-hybridized carbons (Fsp3) is 0.533. The highest BCUT2D eigenvalue weighted by atomic mass is 16.5. The van der Waals surface area contributed by atoms with E-state index in [1.54, 1.807) is 0 Å². The summed E-state index contributed by atoms with van der Waals surface area (Å²) in [5.74, 6) is 0.826. The van der Waals surface area contributed by atoms with E-state index in [4.69, 9.17) is 10.00 Å². The number of nitrogens with zero attached hydrogens (tertiary/aromatic N) is 1. The average Bonchev–Trinajstić information content (AvgIpc) is 2.39. The van der Waals surface area contributed by atoms with Gasteiger partial charge in [0.05, 0.1) is 18.8 Å². The van der Waals surface area contributed by atoms with E-state index in [1.807, 2.05) is 12.1 Å². The van der Waals surface area contributed by atoms with Gasteiger partial charge in [-0.1, -0.05) is 6.07 Å². The molecule has 1 aromatic rings. The Morgan fingerprint density at radius 1 is 1.39 bits per heavy atom. The van der Waals surface area contributed by atoms with Crippen LogP contribution in [0.25, 0.3) is 0 Å². The van der Waals surface area contributed by atoms with E-state index >= 15 is 0 Å². The Labute approximate surface area is 108 Å². The molecule has 96 valence electrons. The first-order valence-electron chi connectivity index (χ1n) is 6.62. The number of hydrogen-bond donors (Lipinski definition) is 1. The van der Waals surface area contributed by atoms with Crippen LogP contribution in [0.4, 0.5) is 0 Å². The van der Waals surface area contributed by atoms with E-state index < -0.39 is 0 Å². The first-order chi connectivity index (χ1) is 8.81. The highest BCUT2D eigenvalue weighted by Crippen LogP contribution is 2.32. The van der Waals surface area contributed by atoms with Gasteiger partial charge >= 0.3 is 0 Å². The molecule has 3 heteroatoms. The number of aliphatic hydroxyl groups is 1. The van der Waals surface area contributed by atoms with Crippen LogP contribution < -0.4 is 4.74 Å². The normalized spacial score (nSPS) is 17.9. The zero-order valence-corrected chi connectivity index (χ0v) is 10.6. The Morgan fingerprint density at radius 3 is 3.11 bits per heavy atom. The van der Waals surface area contributed by atoms with Crippen molar-refractivity contribution in [1.82, 2.24) is 0 Å². The van der Waals surface area contributed by atoms with Gasteiger partial charge in [0, 0.05) is 6.42 Å². The molecule has 1 atom stereocenters. The third-order valence-corrected chi connectivity index (χ3v) is 3.35. The summed E-state index contributed by atoms with van der Waals surface area (Å²) in [4.78, 5) is 0.